The van der Waals surface area contributed by atoms with Crippen molar-refractivity contribution >= 4 is 33.3 Å². The zero-order valence-corrected chi connectivity index (χ0v) is 14.1. The molecule has 0 aliphatic carbocycles. The Balaban J connectivity index is 2.42. The van der Waals surface area contributed by atoms with Crippen molar-refractivity contribution in [3.63, 3.8) is 0 Å². The van der Waals surface area contributed by atoms with E-state index in [2.05, 4.69) is 56.6 Å². The summed E-state index contributed by atoms with van der Waals surface area (Å²) in [6, 6.07) is 6.07. The van der Waals surface area contributed by atoms with Gasteiger partial charge >= 0.3 is 0 Å². The molecule has 21 heavy (non-hydrogen) atoms. The molecule has 0 amide bonds. The molecule has 0 saturated carbocycles. The molecule has 0 fully saturated rings. The number of aromatic nitrogens is 2. The summed E-state index contributed by atoms with van der Waals surface area (Å²) in [6.45, 7) is 6.09. The van der Waals surface area contributed by atoms with Crippen LogP contribution in [0.3, 0.4) is 0 Å². The molecule has 1 heterocycles. The Morgan fingerprint density at radius 3 is 2.57 bits per heavy atom. The first-order valence-corrected chi connectivity index (χ1v) is 7.72. The molecule has 6 heteroatoms. The standard InChI is InChI=1S/C15H20BrN5/c1-4-6-12-19-14(10(3)15(20-12)21-17)18-11-8-5-7-9(2)13(11)16/h5,7-8H,4,6,17H2,1-3H3,(H2,18,19,20,21). The summed E-state index contributed by atoms with van der Waals surface area (Å²) in [4.78, 5) is 9.02. The molecule has 112 valence electrons. The van der Waals surface area contributed by atoms with Crippen LogP contribution < -0.4 is 16.6 Å². The highest BCUT2D eigenvalue weighted by molar-refractivity contribution is 9.10. The molecular weight excluding hydrogens is 330 g/mol. The van der Waals surface area contributed by atoms with Gasteiger partial charge in [0.1, 0.15) is 17.5 Å². The van der Waals surface area contributed by atoms with Gasteiger partial charge in [0.15, 0.2) is 0 Å². The second kappa shape index (κ2) is 6.87. The van der Waals surface area contributed by atoms with Crippen molar-refractivity contribution in [2.75, 3.05) is 10.7 Å². The van der Waals surface area contributed by atoms with Crippen molar-refractivity contribution in [1.82, 2.24) is 9.97 Å². The molecule has 0 radical (unpaired) electrons. The SMILES string of the molecule is CCCc1nc(NN)c(C)c(Nc2cccc(C)c2Br)n1. The van der Waals surface area contributed by atoms with Gasteiger partial charge in [-0.15, -0.1) is 0 Å². The van der Waals surface area contributed by atoms with Crippen molar-refractivity contribution in [3.8, 4) is 0 Å². The van der Waals surface area contributed by atoms with Crippen LogP contribution in [0.4, 0.5) is 17.3 Å². The zero-order valence-electron chi connectivity index (χ0n) is 12.5. The van der Waals surface area contributed by atoms with Gasteiger partial charge in [0.05, 0.1) is 5.69 Å². The van der Waals surface area contributed by atoms with E-state index in [1.807, 2.05) is 19.1 Å². The monoisotopic (exact) mass is 349 g/mol. The maximum Gasteiger partial charge on any atom is 0.148 e. The Morgan fingerprint density at radius 1 is 1.19 bits per heavy atom. The number of anilines is 3. The molecule has 4 N–H and O–H groups in total. The van der Waals surface area contributed by atoms with E-state index in [-0.39, 0.29) is 0 Å². The average molecular weight is 350 g/mol. The van der Waals surface area contributed by atoms with E-state index in [1.54, 1.807) is 0 Å². The van der Waals surface area contributed by atoms with E-state index in [0.717, 1.165) is 45.8 Å². The van der Waals surface area contributed by atoms with Gasteiger partial charge < -0.3 is 10.7 Å². The topological polar surface area (TPSA) is 75.9 Å². The lowest BCUT2D eigenvalue weighted by molar-refractivity contribution is 0.833. The number of benzene rings is 1. The summed E-state index contributed by atoms with van der Waals surface area (Å²) in [7, 11) is 0. The van der Waals surface area contributed by atoms with E-state index in [0.29, 0.717) is 5.82 Å². The van der Waals surface area contributed by atoms with Gasteiger partial charge in [-0.1, -0.05) is 19.1 Å². The van der Waals surface area contributed by atoms with Crippen LogP contribution in [0, 0.1) is 13.8 Å². The van der Waals surface area contributed by atoms with Gasteiger partial charge in [-0.2, -0.15) is 0 Å². The maximum atomic E-state index is 5.55. The molecular formula is C15H20BrN5. The Labute approximate surface area is 133 Å². The highest BCUT2D eigenvalue weighted by atomic mass is 79.9. The van der Waals surface area contributed by atoms with Gasteiger partial charge in [0, 0.05) is 16.5 Å². The largest absolute Gasteiger partial charge is 0.339 e. The fraction of sp³-hybridized carbons (Fsp3) is 0.333. The predicted molar refractivity (Wildman–Crippen MR) is 90.7 cm³/mol. The third-order valence-electron chi connectivity index (χ3n) is 3.25. The summed E-state index contributed by atoms with van der Waals surface area (Å²) in [6.07, 6.45) is 1.80. The minimum Gasteiger partial charge on any atom is -0.339 e. The molecule has 0 aliphatic rings. The second-order valence-electron chi connectivity index (χ2n) is 4.92. The number of hydrogen-bond donors (Lipinski definition) is 3. The van der Waals surface area contributed by atoms with Crippen molar-refractivity contribution in [2.24, 2.45) is 5.84 Å². The predicted octanol–water partition coefficient (Wildman–Crippen LogP) is 3.84. The van der Waals surface area contributed by atoms with Gasteiger partial charge in [-0.05, 0) is 47.8 Å². The highest BCUT2D eigenvalue weighted by Crippen LogP contribution is 2.30. The smallest absolute Gasteiger partial charge is 0.148 e. The average Bonchev–Trinajstić information content (AvgIpc) is 2.47. The minimum absolute atomic E-state index is 0.653. The molecule has 0 bridgehead atoms. The van der Waals surface area contributed by atoms with Crippen LogP contribution in [-0.2, 0) is 6.42 Å². The number of nitrogens with two attached hydrogens (primary N) is 1. The summed E-state index contributed by atoms with van der Waals surface area (Å²) < 4.78 is 1.03. The first-order valence-electron chi connectivity index (χ1n) is 6.93. The number of aryl methyl sites for hydroxylation is 2. The van der Waals surface area contributed by atoms with Gasteiger partial charge in [-0.3, -0.25) is 0 Å². The zero-order chi connectivity index (χ0) is 15.4. The van der Waals surface area contributed by atoms with E-state index in [9.17, 15) is 0 Å². The van der Waals surface area contributed by atoms with Crippen LogP contribution in [0.15, 0.2) is 22.7 Å². The molecule has 0 aliphatic heterocycles. The van der Waals surface area contributed by atoms with E-state index < -0.39 is 0 Å². The number of halogens is 1. The molecule has 0 spiro atoms. The number of rotatable bonds is 5. The molecule has 2 aromatic rings. The molecule has 0 unspecified atom stereocenters. The lowest BCUT2D eigenvalue weighted by atomic mass is 10.2. The van der Waals surface area contributed by atoms with Crippen LogP contribution in [0.5, 0.6) is 0 Å². The molecule has 2 rings (SSSR count). The van der Waals surface area contributed by atoms with E-state index in [1.165, 1.54) is 0 Å². The van der Waals surface area contributed by atoms with Crippen molar-refractivity contribution in [1.29, 1.82) is 0 Å². The van der Waals surface area contributed by atoms with Crippen LogP contribution >= 0.6 is 15.9 Å². The van der Waals surface area contributed by atoms with Gasteiger partial charge in [0.2, 0.25) is 0 Å². The molecule has 1 aromatic carbocycles. The second-order valence-corrected chi connectivity index (χ2v) is 5.71. The fourth-order valence-electron chi connectivity index (χ4n) is 2.03. The third kappa shape index (κ3) is 3.51. The lowest BCUT2D eigenvalue weighted by Crippen LogP contribution is -2.14. The first kappa shape index (κ1) is 15.7. The van der Waals surface area contributed by atoms with Crippen LogP contribution in [-0.4, -0.2) is 9.97 Å². The number of nitrogens with zero attached hydrogens (tertiary/aromatic N) is 2. The minimum atomic E-state index is 0.653. The Kier molecular flexibility index (Phi) is 5.14. The van der Waals surface area contributed by atoms with Crippen LogP contribution in [0.2, 0.25) is 0 Å². The molecule has 5 nitrogen and oxygen atoms in total. The number of hydrogen-bond acceptors (Lipinski definition) is 5. The molecule has 0 atom stereocenters. The van der Waals surface area contributed by atoms with Crippen LogP contribution in [0.1, 0.15) is 30.3 Å². The van der Waals surface area contributed by atoms with Crippen molar-refractivity contribution in [3.05, 3.63) is 39.6 Å². The quantitative estimate of drug-likeness (QED) is 0.564. The summed E-state index contributed by atoms with van der Waals surface area (Å²) in [5.74, 6) is 7.76. The molecule has 0 saturated heterocycles. The third-order valence-corrected chi connectivity index (χ3v) is 4.30. The first-order chi connectivity index (χ1) is 10.1. The summed E-state index contributed by atoms with van der Waals surface area (Å²) >= 11 is 3.60. The fourth-order valence-corrected chi connectivity index (χ4v) is 2.40. The number of nitrogens with one attached hydrogen (secondary N) is 2. The number of nitrogen functional groups attached to an aromatic ring is 1. The summed E-state index contributed by atoms with van der Waals surface area (Å²) in [5, 5.41) is 3.36. The van der Waals surface area contributed by atoms with Crippen molar-refractivity contribution < 1.29 is 0 Å². The molecule has 1 aromatic heterocycles. The van der Waals surface area contributed by atoms with Crippen LogP contribution in [0.25, 0.3) is 0 Å². The van der Waals surface area contributed by atoms with Gasteiger partial charge in [0.25, 0.3) is 0 Å². The Bertz CT molecular complexity index is 642. The van der Waals surface area contributed by atoms with Gasteiger partial charge in [-0.25, -0.2) is 15.8 Å². The Morgan fingerprint density at radius 2 is 1.90 bits per heavy atom. The normalized spacial score (nSPS) is 10.5. The lowest BCUT2D eigenvalue weighted by Gasteiger charge is -2.15. The van der Waals surface area contributed by atoms with E-state index >= 15 is 0 Å². The highest BCUT2D eigenvalue weighted by Gasteiger charge is 2.12. The summed E-state index contributed by atoms with van der Waals surface area (Å²) in [5.41, 5.74) is 5.68. The van der Waals surface area contributed by atoms with Crippen molar-refractivity contribution in [2.45, 2.75) is 33.6 Å². The Hall–Kier alpha value is -1.66. The van der Waals surface area contributed by atoms with E-state index in [4.69, 9.17) is 5.84 Å². The number of hydrazine groups is 1. The maximum absolute atomic E-state index is 5.55.